The molecule has 1 aliphatic carbocycles. The van der Waals surface area contributed by atoms with Crippen LogP contribution in [-0.2, 0) is 14.4 Å². The molecule has 1 heterocycles. The van der Waals surface area contributed by atoms with Crippen LogP contribution < -0.4 is 10.6 Å². The van der Waals surface area contributed by atoms with Crippen molar-refractivity contribution in [1.82, 2.24) is 10.2 Å². The fourth-order valence-electron chi connectivity index (χ4n) is 5.55. The molecule has 0 saturated carbocycles. The third-order valence-electron chi connectivity index (χ3n) is 7.37. The summed E-state index contributed by atoms with van der Waals surface area (Å²) in [4.78, 5) is 42.2. The molecule has 184 valence electrons. The average molecular weight is 476 g/mol. The Hall–Kier alpha value is -3.45. The Morgan fingerprint density at radius 3 is 2.43 bits per heavy atom. The van der Waals surface area contributed by atoms with Gasteiger partial charge in [0.1, 0.15) is 6.04 Å². The van der Waals surface area contributed by atoms with E-state index in [2.05, 4.69) is 10.6 Å². The van der Waals surface area contributed by atoms with Crippen LogP contribution in [0.3, 0.4) is 0 Å². The lowest BCUT2D eigenvalue weighted by atomic mass is 9.70. The van der Waals surface area contributed by atoms with E-state index >= 15 is 0 Å². The predicted octanol–water partition coefficient (Wildman–Crippen LogP) is 2.99. The van der Waals surface area contributed by atoms with E-state index in [0.717, 1.165) is 16.7 Å². The average Bonchev–Trinajstić information content (AvgIpc) is 3.14. The number of allylic oxidation sites excluding steroid dienone is 1. The molecular formula is C28H33N3O4. The topological polar surface area (TPSA) is 98.7 Å². The molecule has 0 bridgehead atoms. The van der Waals surface area contributed by atoms with Gasteiger partial charge in [0.05, 0.1) is 24.5 Å². The van der Waals surface area contributed by atoms with Crippen LogP contribution in [0.1, 0.15) is 29.7 Å². The third-order valence-corrected chi connectivity index (χ3v) is 7.37. The highest BCUT2D eigenvalue weighted by Gasteiger charge is 2.58. The van der Waals surface area contributed by atoms with Crippen molar-refractivity contribution in [2.75, 3.05) is 19.0 Å². The van der Waals surface area contributed by atoms with Gasteiger partial charge < -0.3 is 20.6 Å². The van der Waals surface area contributed by atoms with E-state index in [0.29, 0.717) is 5.69 Å². The van der Waals surface area contributed by atoms with Gasteiger partial charge >= 0.3 is 0 Å². The van der Waals surface area contributed by atoms with Gasteiger partial charge in [-0.2, -0.15) is 0 Å². The number of carbonyl (C=O) groups is 3. The predicted molar refractivity (Wildman–Crippen MR) is 134 cm³/mol. The van der Waals surface area contributed by atoms with E-state index in [1.807, 2.05) is 81.5 Å². The maximum atomic E-state index is 14.0. The Morgan fingerprint density at radius 1 is 1.06 bits per heavy atom. The number of nitrogens with zero attached hydrogens (tertiary/aromatic N) is 1. The highest BCUT2D eigenvalue weighted by molar-refractivity contribution is 6.02. The molecule has 0 aromatic heterocycles. The first-order chi connectivity index (χ1) is 16.8. The van der Waals surface area contributed by atoms with Crippen molar-refractivity contribution in [1.29, 1.82) is 0 Å². The smallest absolute Gasteiger partial charge is 0.247 e. The van der Waals surface area contributed by atoms with Gasteiger partial charge in [-0.05, 0) is 42.5 Å². The first-order valence-electron chi connectivity index (χ1n) is 12.0. The van der Waals surface area contributed by atoms with Crippen LogP contribution in [0, 0.1) is 37.5 Å². The van der Waals surface area contributed by atoms with Crippen LogP contribution in [0.4, 0.5) is 5.69 Å². The zero-order valence-corrected chi connectivity index (χ0v) is 20.6. The second-order valence-corrected chi connectivity index (χ2v) is 9.59. The summed E-state index contributed by atoms with van der Waals surface area (Å²) in [6.45, 7) is 5.44. The molecule has 1 aliphatic heterocycles. The highest BCUT2D eigenvalue weighted by atomic mass is 16.3. The lowest BCUT2D eigenvalue weighted by molar-refractivity contribution is -0.142. The number of rotatable bonds is 6. The number of fused-ring (bicyclic) bond motifs is 1. The molecule has 0 unspecified atom stereocenters. The SMILES string of the molecule is CNC(=O)[C@H]1[C@@H]2C(=O)N([C@H](CO)c3ccccc3)[C@H](C(=O)Nc3cc(C)ccc3C)[C@H]2C=C[C@H]1C. The quantitative estimate of drug-likeness (QED) is 0.560. The number of amides is 3. The van der Waals surface area contributed by atoms with Crippen LogP contribution in [0.5, 0.6) is 0 Å². The van der Waals surface area contributed by atoms with E-state index in [-0.39, 0.29) is 30.2 Å². The van der Waals surface area contributed by atoms with Gasteiger partial charge in [-0.3, -0.25) is 14.4 Å². The molecule has 0 spiro atoms. The number of anilines is 1. The summed E-state index contributed by atoms with van der Waals surface area (Å²) in [5.74, 6) is -2.79. The molecular weight excluding hydrogens is 442 g/mol. The first kappa shape index (κ1) is 24.7. The fraction of sp³-hybridized carbons (Fsp3) is 0.393. The summed E-state index contributed by atoms with van der Waals surface area (Å²) in [5, 5.41) is 16.1. The number of carbonyl (C=O) groups excluding carboxylic acids is 3. The fourth-order valence-corrected chi connectivity index (χ4v) is 5.55. The van der Waals surface area contributed by atoms with Crippen molar-refractivity contribution >= 4 is 23.4 Å². The number of hydrogen-bond donors (Lipinski definition) is 3. The highest BCUT2D eigenvalue weighted by Crippen LogP contribution is 2.47. The molecule has 7 nitrogen and oxygen atoms in total. The minimum Gasteiger partial charge on any atom is -0.394 e. The largest absolute Gasteiger partial charge is 0.394 e. The van der Waals surface area contributed by atoms with Crippen molar-refractivity contribution in [3.8, 4) is 0 Å². The van der Waals surface area contributed by atoms with E-state index in [1.165, 1.54) is 4.90 Å². The van der Waals surface area contributed by atoms with Gasteiger partial charge in [0.15, 0.2) is 0 Å². The van der Waals surface area contributed by atoms with Crippen LogP contribution in [0.2, 0.25) is 0 Å². The maximum absolute atomic E-state index is 14.0. The van der Waals surface area contributed by atoms with Crippen LogP contribution in [0.15, 0.2) is 60.7 Å². The molecule has 1 fully saturated rings. The van der Waals surface area contributed by atoms with Crippen molar-refractivity contribution in [2.24, 2.45) is 23.7 Å². The van der Waals surface area contributed by atoms with Crippen LogP contribution in [-0.4, -0.2) is 47.4 Å². The number of aliphatic hydroxyl groups is 1. The zero-order chi connectivity index (χ0) is 25.3. The van der Waals surface area contributed by atoms with E-state index in [4.69, 9.17) is 0 Å². The molecule has 6 atom stereocenters. The Morgan fingerprint density at radius 2 is 1.77 bits per heavy atom. The van der Waals surface area contributed by atoms with Gasteiger partial charge in [0.2, 0.25) is 17.7 Å². The van der Waals surface area contributed by atoms with Crippen molar-refractivity contribution in [2.45, 2.75) is 32.9 Å². The Balaban J connectivity index is 1.80. The summed E-state index contributed by atoms with van der Waals surface area (Å²) >= 11 is 0. The lowest BCUT2D eigenvalue weighted by Gasteiger charge is -2.33. The first-order valence-corrected chi connectivity index (χ1v) is 12.0. The number of aliphatic hydroxyl groups excluding tert-OH is 1. The summed E-state index contributed by atoms with van der Waals surface area (Å²) in [5.41, 5.74) is 3.34. The monoisotopic (exact) mass is 475 g/mol. The maximum Gasteiger partial charge on any atom is 0.247 e. The molecule has 1 saturated heterocycles. The summed E-state index contributed by atoms with van der Waals surface area (Å²) in [6, 6.07) is 13.4. The van der Waals surface area contributed by atoms with Crippen molar-refractivity contribution in [3.05, 3.63) is 77.4 Å². The molecule has 2 aromatic rings. The molecule has 2 aromatic carbocycles. The number of likely N-dealkylation sites (tertiary alicyclic amines) is 1. The molecule has 3 amide bonds. The minimum atomic E-state index is -0.874. The second kappa shape index (κ2) is 10.0. The number of nitrogens with one attached hydrogen (secondary N) is 2. The van der Waals surface area contributed by atoms with Crippen LogP contribution >= 0.6 is 0 Å². The lowest BCUT2D eigenvalue weighted by Crippen LogP contribution is -2.47. The summed E-state index contributed by atoms with van der Waals surface area (Å²) < 4.78 is 0. The molecule has 35 heavy (non-hydrogen) atoms. The Bertz CT molecular complexity index is 1150. The van der Waals surface area contributed by atoms with Gasteiger partial charge in [-0.1, -0.05) is 61.5 Å². The van der Waals surface area contributed by atoms with Crippen LogP contribution in [0.25, 0.3) is 0 Å². The molecule has 3 N–H and O–H groups in total. The second-order valence-electron chi connectivity index (χ2n) is 9.59. The number of benzene rings is 2. The van der Waals surface area contributed by atoms with Gasteiger partial charge in [0, 0.05) is 18.7 Å². The minimum absolute atomic E-state index is 0.160. The molecule has 7 heteroatoms. The van der Waals surface area contributed by atoms with Crippen molar-refractivity contribution < 1.29 is 19.5 Å². The summed E-state index contributed by atoms with van der Waals surface area (Å²) in [6.07, 6.45) is 3.83. The van der Waals surface area contributed by atoms with Crippen molar-refractivity contribution in [3.63, 3.8) is 0 Å². The summed E-state index contributed by atoms with van der Waals surface area (Å²) in [7, 11) is 1.56. The van der Waals surface area contributed by atoms with Gasteiger partial charge in [-0.15, -0.1) is 0 Å². The van der Waals surface area contributed by atoms with E-state index in [1.54, 1.807) is 7.05 Å². The Kier molecular flexibility index (Phi) is 7.08. The van der Waals surface area contributed by atoms with E-state index < -0.39 is 29.8 Å². The molecule has 2 aliphatic rings. The molecule has 0 radical (unpaired) electrons. The molecule has 4 rings (SSSR count). The Labute approximate surface area is 206 Å². The number of aryl methyl sites for hydroxylation is 2. The third kappa shape index (κ3) is 4.48. The normalized spacial score (nSPS) is 26.3. The zero-order valence-electron chi connectivity index (χ0n) is 20.6. The van der Waals surface area contributed by atoms with Gasteiger partial charge in [0.25, 0.3) is 0 Å². The standard InChI is InChI=1S/C28H33N3O4/c1-16-10-11-17(2)21(14-16)30-27(34)25-20-13-12-18(3)23(26(33)29-4)24(20)28(35)31(25)22(15-32)19-8-6-5-7-9-19/h5-14,18,20,22-25,32H,15H2,1-4H3,(H,29,33)(H,30,34)/t18-,20+,22-,23-,24-,25+/m1/s1. The van der Waals surface area contributed by atoms with Gasteiger partial charge in [-0.25, -0.2) is 0 Å². The van der Waals surface area contributed by atoms with E-state index in [9.17, 15) is 19.5 Å². The number of hydrogen-bond acceptors (Lipinski definition) is 4.